The van der Waals surface area contributed by atoms with Crippen molar-refractivity contribution in [3.63, 3.8) is 0 Å². The molecule has 0 saturated heterocycles. The van der Waals surface area contributed by atoms with E-state index < -0.39 is 0 Å². The summed E-state index contributed by atoms with van der Waals surface area (Å²) in [5, 5.41) is 1.15. The molecule has 0 spiro atoms. The molecule has 3 heteroatoms. The third kappa shape index (κ3) is 2.05. The molecule has 1 heterocycles. The van der Waals surface area contributed by atoms with Gasteiger partial charge in [-0.05, 0) is 31.0 Å². The predicted octanol–water partition coefficient (Wildman–Crippen LogP) is 2.51. The van der Waals surface area contributed by atoms with E-state index >= 15 is 0 Å². The first-order valence-electron chi connectivity index (χ1n) is 5.65. The average molecular weight is 231 g/mol. The fourth-order valence-corrected chi connectivity index (χ4v) is 2.41. The van der Waals surface area contributed by atoms with Gasteiger partial charge in [-0.1, -0.05) is 11.6 Å². The van der Waals surface area contributed by atoms with E-state index in [2.05, 4.69) is 30.5 Å². The van der Waals surface area contributed by atoms with E-state index in [1.807, 2.05) is 13.2 Å². The summed E-state index contributed by atoms with van der Waals surface area (Å²) in [6.45, 7) is 4.17. The minimum atomic E-state index is -0.198. The standard InChI is InChI=1S/C14H17NO2/c1-9-5-10(2)14-12(6-9)11(8-15(14)3)7-13(16)17-4/h5-6,8H,7H2,1-4H3. The zero-order valence-corrected chi connectivity index (χ0v) is 10.7. The lowest BCUT2D eigenvalue weighted by molar-refractivity contribution is -0.139. The Morgan fingerprint density at radius 3 is 2.71 bits per heavy atom. The van der Waals surface area contributed by atoms with Crippen molar-refractivity contribution in [2.45, 2.75) is 20.3 Å². The molecule has 0 aliphatic carbocycles. The molecule has 0 saturated carbocycles. The maximum Gasteiger partial charge on any atom is 0.310 e. The molecule has 0 bridgehead atoms. The number of esters is 1. The van der Waals surface area contributed by atoms with Crippen LogP contribution in [0.25, 0.3) is 10.9 Å². The van der Waals surface area contributed by atoms with Crippen LogP contribution in [0.3, 0.4) is 0 Å². The Hall–Kier alpha value is -1.77. The highest BCUT2D eigenvalue weighted by Gasteiger charge is 2.12. The molecule has 0 aliphatic rings. The van der Waals surface area contributed by atoms with Crippen LogP contribution in [0.2, 0.25) is 0 Å². The second-order valence-corrected chi connectivity index (χ2v) is 4.50. The highest BCUT2D eigenvalue weighted by Crippen LogP contribution is 2.25. The second kappa shape index (κ2) is 4.24. The van der Waals surface area contributed by atoms with Gasteiger partial charge in [-0.2, -0.15) is 0 Å². The van der Waals surface area contributed by atoms with Crippen molar-refractivity contribution in [1.29, 1.82) is 0 Å². The lowest BCUT2D eigenvalue weighted by atomic mass is 10.0. The minimum Gasteiger partial charge on any atom is -0.469 e. The third-order valence-corrected chi connectivity index (χ3v) is 3.06. The summed E-state index contributed by atoms with van der Waals surface area (Å²) in [6.07, 6.45) is 2.34. The smallest absolute Gasteiger partial charge is 0.310 e. The maximum absolute atomic E-state index is 11.4. The predicted molar refractivity (Wildman–Crippen MR) is 68.1 cm³/mol. The van der Waals surface area contributed by atoms with Crippen molar-refractivity contribution in [2.75, 3.05) is 7.11 Å². The molecule has 0 fully saturated rings. The van der Waals surface area contributed by atoms with Crippen LogP contribution < -0.4 is 0 Å². The van der Waals surface area contributed by atoms with Gasteiger partial charge in [0.25, 0.3) is 0 Å². The molecular weight excluding hydrogens is 214 g/mol. The van der Waals surface area contributed by atoms with Gasteiger partial charge in [-0.25, -0.2) is 0 Å². The number of ether oxygens (including phenoxy) is 1. The normalized spacial score (nSPS) is 10.8. The molecule has 0 amide bonds. The number of aryl methyl sites for hydroxylation is 3. The van der Waals surface area contributed by atoms with Crippen LogP contribution in [0.5, 0.6) is 0 Å². The number of hydrogen-bond donors (Lipinski definition) is 0. The zero-order chi connectivity index (χ0) is 12.6. The molecule has 2 aromatic rings. The highest BCUT2D eigenvalue weighted by atomic mass is 16.5. The van der Waals surface area contributed by atoms with Crippen molar-refractivity contribution in [3.8, 4) is 0 Å². The summed E-state index contributed by atoms with van der Waals surface area (Å²) in [7, 11) is 3.43. The molecular formula is C14H17NO2. The van der Waals surface area contributed by atoms with Crippen LogP contribution in [0.4, 0.5) is 0 Å². The van der Waals surface area contributed by atoms with Crippen LogP contribution in [-0.2, 0) is 23.0 Å². The third-order valence-electron chi connectivity index (χ3n) is 3.06. The molecule has 0 atom stereocenters. The van der Waals surface area contributed by atoms with Crippen molar-refractivity contribution in [2.24, 2.45) is 7.05 Å². The summed E-state index contributed by atoms with van der Waals surface area (Å²) in [4.78, 5) is 11.4. The van der Waals surface area contributed by atoms with Gasteiger partial charge >= 0.3 is 5.97 Å². The summed E-state index contributed by atoms with van der Waals surface area (Å²) in [5.41, 5.74) is 4.67. The maximum atomic E-state index is 11.4. The Labute approximate surface area is 101 Å². The van der Waals surface area contributed by atoms with E-state index in [1.165, 1.54) is 23.8 Å². The number of carbonyl (C=O) groups is 1. The van der Waals surface area contributed by atoms with E-state index in [1.54, 1.807) is 0 Å². The van der Waals surface area contributed by atoms with E-state index in [0.29, 0.717) is 6.42 Å². The quantitative estimate of drug-likeness (QED) is 0.744. The van der Waals surface area contributed by atoms with Crippen LogP contribution in [-0.4, -0.2) is 17.6 Å². The highest BCUT2D eigenvalue weighted by molar-refractivity contribution is 5.90. The van der Waals surface area contributed by atoms with Gasteiger partial charge in [0.2, 0.25) is 0 Å². The first-order valence-corrected chi connectivity index (χ1v) is 5.65. The fourth-order valence-electron chi connectivity index (χ4n) is 2.41. The van der Waals surface area contributed by atoms with Crippen molar-refractivity contribution in [1.82, 2.24) is 4.57 Å². The number of carbonyl (C=O) groups excluding carboxylic acids is 1. The Kier molecular flexibility index (Phi) is 2.92. The molecule has 1 aromatic carbocycles. The average Bonchev–Trinajstić information content (AvgIpc) is 2.55. The summed E-state index contributed by atoms with van der Waals surface area (Å²) < 4.78 is 6.80. The molecule has 1 aromatic heterocycles. The van der Waals surface area contributed by atoms with E-state index in [-0.39, 0.29) is 5.97 Å². The summed E-state index contributed by atoms with van der Waals surface area (Å²) >= 11 is 0. The van der Waals surface area contributed by atoms with Crippen LogP contribution in [0.1, 0.15) is 16.7 Å². The van der Waals surface area contributed by atoms with Gasteiger partial charge in [-0.3, -0.25) is 4.79 Å². The van der Waals surface area contributed by atoms with Crippen LogP contribution in [0.15, 0.2) is 18.3 Å². The number of rotatable bonds is 2. The molecule has 90 valence electrons. The molecule has 17 heavy (non-hydrogen) atoms. The summed E-state index contributed by atoms with van der Waals surface area (Å²) in [5.74, 6) is -0.198. The van der Waals surface area contributed by atoms with Gasteiger partial charge in [-0.15, -0.1) is 0 Å². The number of aromatic nitrogens is 1. The number of benzene rings is 1. The van der Waals surface area contributed by atoms with Gasteiger partial charge in [0.05, 0.1) is 19.0 Å². The zero-order valence-electron chi connectivity index (χ0n) is 10.7. The van der Waals surface area contributed by atoms with Crippen LogP contribution in [0, 0.1) is 13.8 Å². The minimum absolute atomic E-state index is 0.198. The fraction of sp³-hybridized carbons (Fsp3) is 0.357. The Morgan fingerprint density at radius 2 is 2.06 bits per heavy atom. The SMILES string of the molecule is COC(=O)Cc1cn(C)c2c(C)cc(C)cc12. The lowest BCUT2D eigenvalue weighted by Gasteiger charge is -2.03. The molecule has 2 rings (SSSR count). The van der Waals surface area contributed by atoms with E-state index in [4.69, 9.17) is 4.74 Å². The van der Waals surface area contributed by atoms with Crippen LogP contribution >= 0.6 is 0 Å². The largest absolute Gasteiger partial charge is 0.469 e. The second-order valence-electron chi connectivity index (χ2n) is 4.50. The number of fused-ring (bicyclic) bond motifs is 1. The molecule has 0 aliphatic heterocycles. The number of nitrogens with zero attached hydrogens (tertiary/aromatic N) is 1. The van der Waals surface area contributed by atoms with Crippen molar-refractivity contribution >= 4 is 16.9 Å². The van der Waals surface area contributed by atoms with E-state index in [0.717, 1.165) is 10.9 Å². The van der Waals surface area contributed by atoms with Gasteiger partial charge in [0.1, 0.15) is 0 Å². The van der Waals surface area contributed by atoms with Crippen molar-refractivity contribution < 1.29 is 9.53 Å². The first kappa shape index (κ1) is 11.7. The number of hydrogen-bond acceptors (Lipinski definition) is 2. The molecule has 3 nitrogen and oxygen atoms in total. The number of methoxy groups -OCH3 is 1. The van der Waals surface area contributed by atoms with Gasteiger partial charge in [0.15, 0.2) is 0 Å². The Bertz CT molecular complexity index is 581. The Balaban J connectivity index is 2.61. The topological polar surface area (TPSA) is 31.2 Å². The van der Waals surface area contributed by atoms with Gasteiger partial charge < -0.3 is 9.30 Å². The first-order chi connectivity index (χ1) is 8.02. The summed E-state index contributed by atoms with van der Waals surface area (Å²) in [6, 6.07) is 4.28. The van der Waals surface area contributed by atoms with E-state index in [9.17, 15) is 4.79 Å². The molecule has 0 unspecified atom stereocenters. The van der Waals surface area contributed by atoms with Crippen molar-refractivity contribution in [3.05, 3.63) is 35.0 Å². The molecule has 0 N–H and O–H groups in total. The monoisotopic (exact) mass is 231 g/mol. The Morgan fingerprint density at radius 1 is 1.35 bits per heavy atom. The lowest BCUT2D eigenvalue weighted by Crippen LogP contribution is -2.03. The molecule has 0 radical (unpaired) electrons. The van der Waals surface area contributed by atoms with Gasteiger partial charge in [0, 0.05) is 18.6 Å².